The van der Waals surface area contributed by atoms with Gasteiger partial charge in [0.1, 0.15) is 34.1 Å². The van der Waals surface area contributed by atoms with Crippen molar-refractivity contribution in [2.75, 3.05) is 46.2 Å². The van der Waals surface area contributed by atoms with Gasteiger partial charge >= 0.3 is 0 Å². The Hall–Kier alpha value is -5.35. The van der Waals surface area contributed by atoms with Gasteiger partial charge in [0.05, 0.1) is 13.7 Å². The molecule has 6 rings (SSSR count). The van der Waals surface area contributed by atoms with E-state index >= 15 is 0 Å². The summed E-state index contributed by atoms with van der Waals surface area (Å²) < 4.78 is 19.6. The largest absolute Gasteiger partial charge is 0.497 e. The number of likely N-dealkylation sites (tertiary alicyclic amines) is 1. The quantitative estimate of drug-likeness (QED) is 0.165. The third-order valence-electron chi connectivity index (χ3n) is 7.69. The van der Waals surface area contributed by atoms with Gasteiger partial charge in [0, 0.05) is 44.0 Å². The van der Waals surface area contributed by atoms with Crippen LogP contribution in [0.25, 0.3) is 11.0 Å². The number of aromatic nitrogens is 3. The van der Waals surface area contributed by atoms with Crippen LogP contribution in [0.5, 0.6) is 28.7 Å². The fraction of sp³-hybridized carbons (Fsp3) is 0.250. The number of hydrogen-bond donors (Lipinski definition) is 1. The van der Waals surface area contributed by atoms with Crippen LogP contribution in [0.1, 0.15) is 12.0 Å². The maximum atomic E-state index is 12.8. The first-order valence-electron chi connectivity index (χ1n) is 15.3. The van der Waals surface area contributed by atoms with E-state index in [2.05, 4.69) is 5.32 Å². The number of methoxy groups -OCH3 is 1. The Balaban J connectivity index is 1.25. The number of nitrogens with zero attached hydrogens (tertiary/aromatic N) is 5. The Kier molecular flexibility index (Phi) is 9.45. The van der Waals surface area contributed by atoms with E-state index < -0.39 is 0 Å². The van der Waals surface area contributed by atoms with Gasteiger partial charge in [0.25, 0.3) is 0 Å². The molecule has 1 aliphatic rings. The topological polar surface area (TPSA) is 94.0 Å². The number of pyridine rings is 1. The predicted molar refractivity (Wildman–Crippen MR) is 179 cm³/mol. The van der Waals surface area contributed by atoms with Gasteiger partial charge < -0.3 is 29.3 Å². The van der Waals surface area contributed by atoms with Crippen molar-refractivity contribution in [3.8, 4) is 28.7 Å². The minimum Gasteiger partial charge on any atom is -0.497 e. The summed E-state index contributed by atoms with van der Waals surface area (Å²) in [4.78, 5) is 21.4. The number of para-hydroxylation sites is 1. The first-order valence-corrected chi connectivity index (χ1v) is 15.3. The van der Waals surface area contributed by atoms with Crippen molar-refractivity contribution in [2.45, 2.75) is 19.0 Å². The summed E-state index contributed by atoms with van der Waals surface area (Å²) in [6.07, 6.45) is 6.09. The Bertz CT molecular complexity index is 1790. The highest BCUT2D eigenvalue weighted by Crippen LogP contribution is 2.36. The van der Waals surface area contributed by atoms with E-state index in [1.807, 2.05) is 120 Å². The Labute approximate surface area is 268 Å². The fourth-order valence-corrected chi connectivity index (χ4v) is 5.34. The molecule has 0 unspecified atom stereocenters. The van der Waals surface area contributed by atoms with Gasteiger partial charge in [-0.25, -0.2) is 9.67 Å². The molecule has 46 heavy (non-hydrogen) atoms. The summed E-state index contributed by atoms with van der Waals surface area (Å²) in [7, 11) is 5.61. The monoisotopic (exact) mass is 618 g/mol. The number of benzene rings is 3. The minimum atomic E-state index is 0.0198. The number of ether oxygens (including phenoxy) is 3. The predicted octanol–water partition coefficient (Wildman–Crippen LogP) is 6.20. The molecule has 236 valence electrons. The molecular formula is C36H38N6O4. The second kappa shape index (κ2) is 14.2. The Morgan fingerprint density at radius 2 is 1.63 bits per heavy atom. The number of anilines is 1. The van der Waals surface area contributed by atoms with Crippen molar-refractivity contribution < 1.29 is 19.0 Å². The molecule has 0 bridgehead atoms. The van der Waals surface area contributed by atoms with E-state index in [1.165, 1.54) is 0 Å². The molecule has 3 heterocycles. The first-order chi connectivity index (χ1) is 22.4. The third-order valence-corrected chi connectivity index (χ3v) is 7.69. The summed E-state index contributed by atoms with van der Waals surface area (Å²) in [6, 6.07) is 27.0. The van der Waals surface area contributed by atoms with Crippen molar-refractivity contribution in [2.24, 2.45) is 0 Å². The van der Waals surface area contributed by atoms with Gasteiger partial charge in [-0.05, 0) is 74.6 Å². The summed E-state index contributed by atoms with van der Waals surface area (Å²) in [5.41, 5.74) is 1.75. The number of rotatable bonds is 12. The molecule has 1 saturated heterocycles. The highest BCUT2D eigenvalue weighted by Gasteiger charge is 2.27. The van der Waals surface area contributed by atoms with Crippen LogP contribution >= 0.6 is 0 Å². The summed E-state index contributed by atoms with van der Waals surface area (Å²) in [5.74, 6) is 4.24. The number of nitrogens with one attached hydrogen (secondary N) is 1. The molecule has 0 saturated carbocycles. The third kappa shape index (κ3) is 7.47. The van der Waals surface area contributed by atoms with Crippen LogP contribution < -0.4 is 19.5 Å². The van der Waals surface area contributed by atoms with E-state index in [0.717, 1.165) is 35.4 Å². The summed E-state index contributed by atoms with van der Waals surface area (Å²) in [5, 5.41) is 9.37. The molecule has 0 spiro atoms. The Morgan fingerprint density at radius 1 is 0.935 bits per heavy atom. The molecule has 5 aromatic rings. The Morgan fingerprint density at radius 3 is 2.35 bits per heavy atom. The van der Waals surface area contributed by atoms with Crippen molar-refractivity contribution >= 4 is 22.8 Å². The van der Waals surface area contributed by atoms with Crippen LogP contribution in [-0.2, 0) is 11.3 Å². The van der Waals surface area contributed by atoms with Gasteiger partial charge in [0.15, 0.2) is 11.5 Å². The molecular weight excluding hydrogens is 580 g/mol. The molecule has 0 radical (unpaired) electrons. The maximum Gasteiger partial charge on any atom is 0.246 e. The molecule has 10 heteroatoms. The zero-order chi connectivity index (χ0) is 31.9. The average molecular weight is 619 g/mol. The van der Waals surface area contributed by atoms with Crippen molar-refractivity contribution in [3.63, 3.8) is 0 Å². The fourth-order valence-electron chi connectivity index (χ4n) is 5.34. The molecule has 1 fully saturated rings. The lowest BCUT2D eigenvalue weighted by Crippen LogP contribution is -2.30. The lowest BCUT2D eigenvalue weighted by atomic mass is 10.2. The SMILES string of the molecule is COc1ccc(Cn2nc(N[C@@H]3CCN(C(=O)/C=C/CN(C)C)C3)c3c(Oc4ccc(Oc5ccccc5)cc4)ccnc32)cc1. The highest BCUT2D eigenvalue weighted by molar-refractivity contribution is 5.94. The lowest BCUT2D eigenvalue weighted by molar-refractivity contribution is -0.125. The van der Waals surface area contributed by atoms with Gasteiger partial charge in [-0.2, -0.15) is 5.10 Å². The zero-order valence-electron chi connectivity index (χ0n) is 26.3. The van der Waals surface area contributed by atoms with Crippen molar-refractivity contribution in [1.29, 1.82) is 0 Å². The molecule has 0 aliphatic carbocycles. The first kappa shape index (κ1) is 30.7. The molecule has 3 aromatic carbocycles. The number of hydrogen-bond acceptors (Lipinski definition) is 8. The van der Waals surface area contributed by atoms with E-state index in [4.69, 9.17) is 24.3 Å². The second-order valence-electron chi connectivity index (χ2n) is 11.4. The number of carbonyl (C=O) groups is 1. The average Bonchev–Trinajstić information content (AvgIpc) is 3.68. The summed E-state index contributed by atoms with van der Waals surface area (Å²) in [6.45, 7) is 2.48. The second-order valence-corrected chi connectivity index (χ2v) is 11.4. The molecule has 1 amide bonds. The van der Waals surface area contributed by atoms with E-state index in [9.17, 15) is 4.79 Å². The molecule has 1 aliphatic heterocycles. The van der Waals surface area contributed by atoms with Crippen molar-refractivity contribution in [3.05, 3.63) is 109 Å². The summed E-state index contributed by atoms with van der Waals surface area (Å²) >= 11 is 0. The smallest absolute Gasteiger partial charge is 0.246 e. The number of likely N-dealkylation sites (N-methyl/N-ethyl adjacent to an activating group) is 1. The highest BCUT2D eigenvalue weighted by atomic mass is 16.5. The number of amides is 1. The van der Waals surface area contributed by atoms with Gasteiger partial charge in [0.2, 0.25) is 5.91 Å². The van der Waals surface area contributed by atoms with E-state index in [0.29, 0.717) is 48.3 Å². The van der Waals surface area contributed by atoms with Crippen LogP contribution in [0, 0.1) is 0 Å². The van der Waals surface area contributed by atoms with Crippen LogP contribution in [-0.4, -0.2) is 77.4 Å². The van der Waals surface area contributed by atoms with E-state index in [1.54, 1.807) is 19.4 Å². The van der Waals surface area contributed by atoms with Crippen LogP contribution in [0.3, 0.4) is 0 Å². The maximum absolute atomic E-state index is 12.8. The van der Waals surface area contributed by atoms with Gasteiger partial charge in [-0.1, -0.05) is 36.4 Å². The molecule has 10 nitrogen and oxygen atoms in total. The van der Waals surface area contributed by atoms with Gasteiger partial charge in [-0.15, -0.1) is 0 Å². The van der Waals surface area contributed by atoms with Gasteiger partial charge in [-0.3, -0.25) is 4.79 Å². The normalized spacial score (nSPS) is 14.7. The molecule has 1 N–H and O–H groups in total. The standard InChI is InChI=1S/C36H38N6O4/c1-40(2)22-7-10-33(43)41-23-20-27(25-41)38-35-34-32(46-31-17-15-30(16-18-31)45-29-8-5-4-6-9-29)19-21-37-36(34)42(39-35)24-26-11-13-28(44-3)14-12-26/h4-19,21,27H,20,22-25H2,1-3H3,(H,38,39)/b10-7+/t27-/m1/s1. The number of carbonyl (C=O) groups excluding carboxylic acids is 1. The minimum absolute atomic E-state index is 0.0198. The van der Waals surface area contributed by atoms with E-state index in [-0.39, 0.29) is 11.9 Å². The molecule has 1 atom stereocenters. The van der Waals surface area contributed by atoms with Crippen LogP contribution in [0.2, 0.25) is 0 Å². The van der Waals surface area contributed by atoms with Crippen molar-refractivity contribution in [1.82, 2.24) is 24.6 Å². The van der Waals surface area contributed by atoms with Crippen LogP contribution in [0.4, 0.5) is 5.82 Å². The zero-order valence-corrected chi connectivity index (χ0v) is 26.3. The lowest BCUT2D eigenvalue weighted by Gasteiger charge is -2.16. The molecule has 2 aromatic heterocycles. The number of fused-ring (bicyclic) bond motifs is 1. The van der Waals surface area contributed by atoms with Crippen LogP contribution in [0.15, 0.2) is 103 Å².